The van der Waals surface area contributed by atoms with E-state index in [9.17, 15) is 17.6 Å². The fourth-order valence-electron chi connectivity index (χ4n) is 4.22. The third kappa shape index (κ3) is 3.18. The van der Waals surface area contributed by atoms with Crippen molar-refractivity contribution in [2.45, 2.75) is 30.9 Å². The molecule has 0 saturated carbocycles. The number of hydrogen-bond acceptors (Lipinski definition) is 4. The fraction of sp³-hybridized carbons (Fsp3) is 0.333. The minimum absolute atomic E-state index is 0.154. The molecule has 0 fully saturated rings. The van der Waals surface area contributed by atoms with Crippen molar-refractivity contribution >= 4 is 5.95 Å². The second-order valence-electron chi connectivity index (χ2n) is 7.51. The van der Waals surface area contributed by atoms with Crippen LogP contribution in [-0.4, -0.2) is 21.6 Å². The smallest absolute Gasteiger partial charge is 0.433 e. The van der Waals surface area contributed by atoms with E-state index in [1.165, 1.54) is 19.4 Å². The molecule has 0 amide bonds. The zero-order valence-electron chi connectivity index (χ0n) is 16.4. The normalized spacial score (nSPS) is 18.5. The van der Waals surface area contributed by atoms with Crippen molar-refractivity contribution in [3.63, 3.8) is 0 Å². The Labute approximate surface area is 170 Å². The topological polar surface area (TPSA) is 66.0 Å². The Bertz CT molecular complexity index is 1070. The summed E-state index contributed by atoms with van der Waals surface area (Å²) in [5.74, 6) is 0.0324. The first-order valence-electron chi connectivity index (χ1n) is 9.33. The third-order valence-electron chi connectivity index (χ3n) is 5.77. The van der Waals surface area contributed by atoms with Crippen LogP contribution in [0.25, 0.3) is 0 Å². The van der Waals surface area contributed by atoms with Crippen LogP contribution in [0.4, 0.5) is 23.5 Å². The summed E-state index contributed by atoms with van der Waals surface area (Å²) in [5, 5.41) is 0. The zero-order chi connectivity index (χ0) is 21.7. The van der Waals surface area contributed by atoms with E-state index < -0.39 is 23.1 Å². The molecule has 5 nitrogen and oxygen atoms in total. The molecular weight excluding hydrogens is 400 g/mol. The number of methoxy groups -OCH3 is 1. The number of nitrogens with zero attached hydrogens (tertiary/aromatic N) is 3. The number of nitrogens with two attached hydrogens (primary N) is 1. The van der Waals surface area contributed by atoms with Crippen molar-refractivity contribution in [1.82, 2.24) is 14.5 Å². The van der Waals surface area contributed by atoms with Crippen LogP contribution in [-0.2, 0) is 31.5 Å². The number of hydrogen-bond donors (Lipinski definition) is 1. The number of benzene rings is 1. The quantitative estimate of drug-likeness (QED) is 0.647. The van der Waals surface area contributed by atoms with Gasteiger partial charge < -0.3 is 15.0 Å². The lowest BCUT2D eigenvalue weighted by Gasteiger charge is -2.29. The molecule has 2 aromatic heterocycles. The van der Waals surface area contributed by atoms with E-state index in [0.717, 1.165) is 11.6 Å². The van der Waals surface area contributed by atoms with Gasteiger partial charge in [-0.25, -0.2) is 9.37 Å². The van der Waals surface area contributed by atoms with Crippen molar-refractivity contribution in [2.75, 3.05) is 12.8 Å². The van der Waals surface area contributed by atoms with Crippen LogP contribution in [0.5, 0.6) is 5.75 Å². The second-order valence-corrected chi connectivity index (χ2v) is 7.51. The molecule has 1 unspecified atom stereocenters. The van der Waals surface area contributed by atoms with Gasteiger partial charge >= 0.3 is 6.18 Å². The Morgan fingerprint density at radius 3 is 2.57 bits per heavy atom. The number of halogens is 4. The van der Waals surface area contributed by atoms with Crippen LogP contribution < -0.4 is 10.5 Å². The minimum atomic E-state index is -4.51. The Hall–Kier alpha value is -3.10. The van der Waals surface area contributed by atoms with Crippen LogP contribution in [0.15, 0.2) is 36.7 Å². The molecule has 0 aliphatic heterocycles. The Morgan fingerprint density at radius 2 is 2.00 bits per heavy atom. The van der Waals surface area contributed by atoms with Gasteiger partial charge in [-0.05, 0) is 48.1 Å². The summed E-state index contributed by atoms with van der Waals surface area (Å²) < 4.78 is 60.3. The molecule has 0 spiro atoms. The second kappa shape index (κ2) is 7.00. The summed E-state index contributed by atoms with van der Waals surface area (Å²) in [4.78, 5) is 8.05. The highest BCUT2D eigenvalue weighted by Crippen LogP contribution is 2.48. The average Bonchev–Trinajstić information content (AvgIpc) is 3.24. The summed E-state index contributed by atoms with van der Waals surface area (Å²) in [6.07, 6.45) is -0.218. The molecule has 1 aliphatic rings. The van der Waals surface area contributed by atoms with Crippen LogP contribution in [0.3, 0.4) is 0 Å². The number of imidazole rings is 1. The number of rotatable bonds is 4. The molecule has 1 aromatic carbocycles. The van der Waals surface area contributed by atoms with E-state index in [4.69, 9.17) is 10.5 Å². The molecule has 1 atom stereocenters. The molecule has 0 bridgehead atoms. The van der Waals surface area contributed by atoms with E-state index in [-0.39, 0.29) is 5.75 Å². The number of aromatic nitrogens is 3. The van der Waals surface area contributed by atoms with Crippen molar-refractivity contribution in [2.24, 2.45) is 7.05 Å². The molecule has 2 N–H and O–H groups in total. The number of ether oxygens (including phenoxy) is 1. The van der Waals surface area contributed by atoms with Crippen LogP contribution in [0, 0.1) is 5.82 Å². The number of aryl methyl sites for hydroxylation is 1. The maximum Gasteiger partial charge on any atom is 0.433 e. The molecule has 0 radical (unpaired) electrons. The summed E-state index contributed by atoms with van der Waals surface area (Å²) in [6, 6.07) is 5.72. The van der Waals surface area contributed by atoms with Gasteiger partial charge in [0.2, 0.25) is 0 Å². The van der Waals surface area contributed by atoms with E-state index in [2.05, 4.69) is 9.97 Å². The number of pyridine rings is 1. The highest BCUT2D eigenvalue weighted by atomic mass is 19.4. The van der Waals surface area contributed by atoms with Crippen LogP contribution in [0.1, 0.15) is 34.5 Å². The maximum atomic E-state index is 14.9. The first-order valence-corrected chi connectivity index (χ1v) is 9.33. The lowest BCUT2D eigenvalue weighted by Crippen LogP contribution is -2.28. The standard InChI is InChI=1S/C21H20F4N4O/c1-29-11-17(28-19(29)26)20(9-12-3-6-16(27-10-12)21(23,24)25)8-7-13-14(20)4-5-15(30-2)18(13)22/h3-6,10-11H,7-9H2,1-2H3,(H2,26,28). The predicted molar refractivity (Wildman–Crippen MR) is 103 cm³/mol. The molecule has 9 heteroatoms. The summed E-state index contributed by atoms with van der Waals surface area (Å²) in [6.45, 7) is 0. The highest BCUT2D eigenvalue weighted by Gasteiger charge is 2.44. The number of anilines is 1. The molecule has 1 aliphatic carbocycles. The largest absolute Gasteiger partial charge is 0.494 e. The van der Waals surface area contributed by atoms with Gasteiger partial charge in [-0.2, -0.15) is 13.2 Å². The fourth-order valence-corrected chi connectivity index (χ4v) is 4.22. The molecule has 2 heterocycles. The maximum absolute atomic E-state index is 14.9. The Balaban J connectivity index is 1.83. The monoisotopic (exact) mass is 420 g/mol. The van der Waals surface area contributed by atoms with E-state index in [1.54, 1.807) is 29.9 Å². The lowest BCUT2D eigenvalue weighted by molar-refractivity contribution is -0.141. The summed E-state index contributed by atoms with van der Waals surface area (Å²) >= 11 is 0. The van der Waals surface area contributed by atoms with Gasteiger partial charge in [0.05, 0.1) is 12.8 Å². The van der Waals surface area contributed by atoms with Crippen molar-refractivity contribution in [3.05, 3.63) is 70.6 Å². The van der Waals surface area contributed by atoms with E-state index in [1.807, 2.05) is 0 Å². The van der Waals surface area contributed by atoms with Crippen LogP contribution >= 0.6 is 0 Å². The lowest BCUT2D eigenvalue weighted by atomic mass is 9.74. The van der Waals surface area contributed by atoms with Gasteiger partial charge in [0, 0.05) is 24.9 Å². The molecule has 4 rings (SSSR count). The zero-order valence-corrected chi connectivity index (χ0v) is 16.4. The van der Waals surface area contributed by atoms with Gasteiger partial charge in [0.15, 0.2) is 17.5 Å². The van der Waals surface area contributed by atoms with Crippen LogP contribution in [0.2, 0.25) is 0 Å². The molecular formula is C21H20F4N4O. The van der Waals surface area contributed by atoms with Crippen molar-refractivity contribution in [3.8, 4) is 5.75 Å². The number of fused-ring (bicyclic) bond motifs is 1. The van der Waals surface area contributed by atoms with Crippen molar-refractivity contribution in [1.29, 1.82) is 0 Å². The van der Waals surface area contributed by atoms with E-state index >= 15 is 0 Å². The minimum Gasteiger partial charge on any atom is -0.494 e. The van der Waals surface area contributed by atoms with Gasteiger partial charge in [-0.3, -0.25) is 4.98 Å². The van der Waals surface area contributed by atoms with Gasteiger partial charge in [0.25, 0.3) is 0 Å². The van der Waals surface area contributed by atoms with E-state index in [0.29, 0.717) is 42.0 Å². The summed E-state index contributed by atoms with van der Waals surface area (Å²) in [5.41, 5.74) is 6.75. The van der Waals surface area contributed by atoms with Gasteiger partial charge in [-0.1, -0.05) is 12.1 Å². The first kappa shape index (κ1) is 20.2. The third-order valence-corrected chi connectivity index (χ3v) is 5.77. The predicted octanol–water partition coefficient (Wildman–Crippen LogP) is 4.04. The Kier molecular flexibility index (Phi) is 4.71. The molecule has 158 valence electrons. The number of nitrogen functional groups attached to an aromatic ring is 1. The van der Waals surface area contributed by atoms with Gasteiger partial charge in [-0.15, -0.1) is 0 Å². The average molecular weight is 420 g/mol. The SMILES string of the molecule is COc1ccc2c(c1F)CCC2(Cc1ccc(C(F)(F)F)nc1)c1cn(C)c(N)n1. The molecule has 30 heavy (non-hydrogen) atoms. The highest BCUT2D eigenvalue weighted by molar-refractivity contribution is 5.51. The molecule has 3 aromatic rings. The van der Waals surface area contributed by atoms with Crippen molar-refractivity contribution < 1.29 is 22.3 Å². The molecule has 0 saturated heterocycles. The van der Waals surface area contributed by atoms with Gasteiger partial charge in [0.1, 0.15) is 5.69 Å². The number of alkyl halides is 3. The Morgan fingerprint density at radius 1 is 1.23 bits per heavy atom. The first-order chi connectivity index (χ1) is 14.2. The summed E-state index contributed by atoms with van der Waals surface area (Å²) in [7, 11) is 3.16.